The highest BCUT2D eigenvalue weighted by molar-refractivity contribution is 7.91. The summed E-state index contributed by atoms with van der Waals surface area (Å²) in [7, 11) is 0.276. The zero-order valence-corrected chi connectivity index (χ0v) is 16.7. The molecule has 0 aliphatic carbocycles. The lowest BCUT2D eigenvalue weighted by molar-refractivity contribution is 0.113. The lowest BCUT2D eigenvalue weighted by Gasteiger charge is -2.38. The van der Waals surface area contributed by atoms with Gasteiger partial charge in [-0.1, -0.05) is 18.2 Å². The molecule has 1 aliphatic heterocycles. The summed E-state index contributed by atoms with van der Waals surface area (Å²) in [6.45, 7) is 4.12. The number of hydrogen-bond donors (Lipinski definition) is 1. The number of nitrogens with one attached hydrogen (secondary N) is 1. The van der Waals surface area contributed by atoms with Gasteiger partial charge in [-0.25, -0.2) is 13.1 Å². The minimum Gasteiger partial charge on any atom is -0.497 e. The van der Waals surface area contributed by atoms with Crippen LogP contribution in [0.15, 0.2) is 46.0 Å². The summed E-state index contributed by atoms with van der Waals surface area (Å²) >= 11 is 1.23. The monoisotopic (exact) mass is 395 g/mol. The van der Waals surface area contributed by atoms with Crippen molar-refractivity contribution in [3.8, 4) is 5.75 Å². The van der Waals surface area contributed by atoms with Crippen LogP contribution in [0.25, 0.3) is 0 Å². The molecule has 0 saturated carbocycles. The first kappa shape index (κ1) is 19.3. The van der Waals surface area contributed by atoms with Crippen LogP contribution in [-0.2, 0) is 10.0 Å². The van der Waals surface area contributed by atoms with Gasteiger partial charge < -0.3 is 9.64 Å². The van der Waals surface area contributed by atoms with Gasteiger partial charge in [0.2, 0.25) is 10.0 Å². The number of thiophene rings is 1. The number of methoxy groups -OCH3 is 1. The Bertz CT molecular complexity index is 784. The van der Waals surface area contributed by atoms with E-state index in [1.807, 2.05) is 24.3 Å². The number of sulfonamides is 1. The van der Waals surface area contributed by atoms with E-state index in [0.29, 0.717) is 10.8 Å². The number of benzene rings is 1. The van der Waals surface area contributed by atoms with Gasteiger partial charge in [0, 0.05) is 38.8 Å². The number of ether oxygens (including phenoxy) is 1. The van der Waals surface area contributed by atoms with Gasteiger partial charge in [-0.05, 0) is 36.2 Å². The molecule has 26 heavy (non-hydrogen) atoms. The normalized spacial score (nSPS) is 17.9. The Balaban J connectivity index is 1.78. The van der Waals surface area contributed by atoms with Crippen molar-refractivity contribution < 1.29 is 13.2 Å². The maximum Gasteiger partial charge on any atom is 0.250 e. The molecule has 8 heteroatoms. The molecule has 1 aromatic heterocycles. The Morgan fingerprint density at radius 3 is 2.42 bits per heavy atom. The first-order valence-corrected chi connectivity index (χ1v) is 11.0. The van der Waals surface area contributed by atoms with E-state index in [9.17, 15) is 8.42 Å². The molecule has 1 N–H and O–H groups in total. The number of hydrogen-bond acceptors (Lipinski definition) is 6. The van der Waals surface area contributed by atoms with Crippen LogP contribution in [-0.4, -0.2) is 65.1 Å². The topological polar surface area (TPSA) is 61.9 Å². The minimum atomic E-state index is -3.48. The molecular formula is C18H25N3O3S2. The van der Waals surface area contributed by atoms with E-state index in [1.54, 1.807) is 24.6 Å². The van der Waals surface area contributed by atoms with Crippen LogP contribution in [0.4, 0.5) is 0 Å². The Hall–Kier alpha value is -1.45. The molecule has 0 amide bonds. The Morgan fingerprint density at radius 2 is 1.85 bits per heavy atom. The van der Waals surface area contributed by atoms with Crippen LogP contribution in [0.3, 0.4) is 0 Å². The molecule has 0 spiro atoms. The molecule has 0 radical (unpaired) electrons. The fourth-order valence-corrected chi connectivity index (χ4v) is 5.17. The molecule has 1 atom stereocenters. The van der Waals surface area contributed by atoms with E-state index >= 15 is 0 Å². The third-order valence-electron chi connectivity index (χ3n) is 4.71. The average Bonchev–Trinajstić information content (AvgIpc) is 3.19. The highest BCUT2D eigenvalue weighted by Crippen LogP contribution is 2.25. The standard InChI is InChI=1S/C18H25N3O3S2/c1-20-9-11-21(12-10-20)17(15-5-7-16(24-2)8-6-15)14-19-26(22,23)18-4-3-13-25-18/h3-8,13,17,19H,9-12,14H2,1-2H3/t17-/m1/s1. The van der Waals surface area contributed by atoms with Crippen molar-refractivity contribution in [1.82, 2.24) is 14.5 Å². The van der Waals surface area contributed by atoms with Crippen LogP contribution in [0.5, 0.6) is 5.75 Å². The summed E-state index contributed by atoms with van der Waals surface area (Å²) in [5, 5.41) is 1.77. The van der Waals surface area contributed by atoms with Crippen molar-refractivity contribution in [2.75, 3.05) is 46.9 Å². The Labute approximate surface area is 159 Å². The molecule has 6 nitrogen and oxygen atoms in total. The largest absolute Gasteiger partial charge is 0.497 e. The maximum atomic E-state index is 12.5. The summed E-state index contributed by atoms with van der Waals surface area (Å²) in [5.74, 6) is 0.796. The summed E-state index contributed by atoms with van der Waals surface area (Å²) in [6, 6.07) is 11.2. The van der Waals surface area contributed by atoms with Gasteiger partial charge in [-0.15, -0.1) is 11.3 Å². The molecule has 1 saturated heterocycles. The number of rotatable bonds is 7. The van der Waals surface area contributed by atoms with E-state index in [2.05, 4.69) is 21.6 Å². The van der Waals surface area contributed by atoms with E-state index in [4.69, 9.17) is 4.74 Å². The van der Waals surface area contributed by atoms with E-state index < -0.39 is 10.0 Å². The van der Waals surface area contributed by atoms with Gasteiger partial charge in [0.1, 0.15) is 9.96 Å². The first-order chi connectivity index (χ1) is 12.5. The third kappa shape index (κ3) is 4.63. The molecule has 1 aromatic carbocycles. The maximum absolute atomic E-state index is 12.5. The fraction of sp³-hybridized carbons (Fsp3) is 0.444. The summed E-state index contributed by atoms with van der Waals surface area (Å²) < 4.78 is 33.4. The first-order valence-electron chi connectivity index (χ1n) is 8.59. The van der Waals surface area contributed by atoms with Crippen molar-refractivity contribution in [2.45, 2.75) is 10.3 Å². The van der Waals surface area contributed by atoms with Crippen LogP contribution >= 0.6 is 11.3 Å². The van der Waals surface area contributed by atoms with Gasteiger partial charge in [0.25, 0.3) is 0 Å². The predicted octanol–water partition coefficient (Wildman–Crippen LogP) is 2.02. The van der Waals surface area contributed by atoms with E-state index in [1.165, 1.54) is 11.3 Å². The van der Waals surface area contributed by atoms with E-state index in [-0.39, 0.29) is 6.04 Å². The highest BCUT2D eigenvalue weighted by atomic mass is 32.2. The quantitative estimate of drug-likeness (QED) is 0.777. The SMILES string of the molecule is COc1ccc([C@@H](CNS(=O)(=O)c2cccs2)N2CCN(C)CC2)cc1. The summed E-state index contributed by atoms with van der Waals surface area (Å²) in [4.78, 5) is 4.64. The number of likely N-dealkylation sites (N-methyl/N-ethyl adjacent to an activating group) is 1. The summed E-state index contributed by atoms with van der Waals surface area (Å²) in [6.07, 6.45) is 0. The minimum absolute atomic E-state index is 0.00987. The lowest BCUT2D eigenvalue weighted by atomic mass is 10.0. The second-order valence-electron chi connectivity index (χ2n) is 6.41. The zero-order valence-electron chi connectivity index (χ0n) is 15.1. The van der Waals surface area contributed by atoms with Crippen molar-refractivity contribution in [2.24, 2.45) is 0 Å². The molecule has 1 fully saturated rings. The van der Waals surface area contributed by atoms with E-state index in [0.717, 1.165) is 37.5 Å². The molecule has 142 valence electrons. The highest BCUT2D eigenvalue weighted by Gasteiger charge is 2.26. The van der Waals surface area contributed by atoms with Gasteiger partial charge in [-0.3, -0.25) is 4.90 Å². The zero-order chi connectivity index (χ0) is 18.6. The van der Waals surface area contributed by atoms with Gasteiger partial charge in [-0.2, -0.15) is 0 Å². The molecule has 1 aliphatic rings. The van der Waals surface area contributed by atoms with Crippen LogP contribution in [0.1, 0.15) is 11.6 Å². The van der Waals surface area contributed by atoms with Gasteiger partial charge in [0.05, 0.1) is 7.11 Å². The van der Waals surface area contributed by atoms with Crippen LogP contribution in [0.2, 0.25) is 0 Å². The number of nitrogens with zero attached hydrogens (tertiary/aromatic N) is 2. The Morgan fingerprint density at radius 1 is 1.15 bits per heavy atom. The average molecular weight is 396 g/mol. The fourth-order valence-electron chi connectivity index (χ4n) is 3.09. The van der Waals surface area contributed by atoms with Gasteiger partial charge in [0.15, 0.2) is 0 Å². The molecule has 0 unspecified atom stereocenters. The third-order valence-corrected chi connectivity index (χ3v) is 7.53. The number of piperazine rings is 1. The van der Waals surface area contributed by atoms with Gasteiger partial charge >= 0.3 is 0 Å². The van der Waals surface area contributed by atoms with Crippen molar-refractivity contribution >= 4 is 21.4 Å². The lowest BCUT2D eigenvalue weighted by Crippen LogP contribution is -2.48. The second kappa shape index (κ2) is 8.49. The molecule has 2 heterocycles. The molecule has 3 rings (SSSR count). The van der Waals surface area contributed by atoms with Crippen LogP contribution < -0.4 is 9.46 Å². The smallest absolute Gasteiger partial charge is 0.250 e. The van der Waals surface area contributed by atoms with Crippen LogP contribution in [0, 0.1) is 0 Å². The molecule has 2 aromatic rings. The van der Waals surface area contributed by atoms with Crippen molar-refractivity contribution in [1.29, 1.82) is 0 Å². The second-order valence-corrected chi connectivity index (χ2v) is 9.35. The summed E-state index contributed by atoms with van der Waals surface area (Å²) in [5.41, 5.74) is 1.09. The molecule has 0 bridgehead atoms. The predicted molar refractivity (Wildman–Crippen MR) is 104 cm³/mol. The van der Waals surface area contributed by atoms with Crippen molar-refractivity contribution in [3.05, 3.63) is 47.3 Å². The molecular weight excluding hydrogens is 370 g/mol. The van der Waals surface area contributed by atoms with Crippen molar-refractivity contribution in [3.63, 3.8) is 0 Å². The Kier molecular flexibility index (Phi) is 6.31.